The number of nitrogens with zero attached hydrogens (tertiary/aromatic N) is 1. The Morgan fingerprint density at radius 1 is 1.06 bits per heavy atom. The Labute approximate surface area is 185 Å². The van der Waals surface area contributed by atoms with Crippen molar-refractivity contribution in [3.63, 3.8) is 0 Å². The summed E-state index contributed by atoms with van der Waals surface area (Å²) in [5.41, 5.74) is 0.907. The highest BCUT2D eigenvalue weighted by Crippen LogP contribution is 2.26. The lowest BCUT2D eigenvalue weighted by Gasteiger charge is -2.12. The molecule has 8 heteroatoms. The predicted molar refractivity (Wildman–Crippen MR) is 121 cm³/mol. The van der Waals surface area contributed by atoms with Crippen LogP contribution in [0.5, 0.6) is 0 Å². The van der Waals surface area contributed by atoms with Crippen molar-refractivity contribution in [2.75, 3.05) is 6.54 Å². The van der Waals surface area contributed by atoms with Gasteiger partial charge in [-0.3, -0.25) is 19.7 Å². The zero-order valence-electron chi connectivity index (χ0n) is 17.7. The number of carbonyl (C=O) groups is 2. The van der Waals surface area contributed by atoms with E-state index in [0.29, 0.717) is 29.2 Å². The maximum Gasteiger partial charge on any atom is 0.270 e. The zero-order valence-corrected chi connectivity index (χ0v) is 17.7. The summed E-state index contributed by atoms with van der Waals surface area (Å²) < 4.78 is 5.77. The number of nitro groups is 1. The van der Waals surface area contributed by atoms with E-state index in [9.17, 15) is 19.7 Å². The van der Waals surface area contributed by atoms with Gasteiger partial charge in [0.2, 0.25) is 0 Å². The summed E-state index contributed by atoms with van der Waals surface area (Å²) in [5.74, 6) is 0.0678. The van der Waals surface area contributed by atoms with Crippen LogP contribution in [0.4, 0.5) is 5.69 Å². The van der Waals surface area contributed by atoms with Gasteiger partial charge in [0.15, 0.2) is 0 Å². The van der Waals surface area contributed by atoms with Gasteiger partial charge in [-0.15, -0.1) is 0 Å². The van der Waals surface area contributed by atoms with Crippen molar-refractivity contribution < 1.29 is 18.9 Å². The Balaban J connectivity index is 1.88. The Hall–Kier alpha value is -4.20. The number of amides is 2. The molecule has 32 heavy (non-hydrogen) atoms. The van der Waals surface area contributed by atoms with E-state index in [1.807, 2.05) is 13.8 Å². The quantitative estimate of drug-likeness (QED) is 0.310. The Morgan fingerprint density at radius 3 is 2.50 bits per heavy atom. The lowest BCUT2D eigenvalue weighted by atomic mass is 10.1. The SMILES string of the molecule is CC(C)CNC(=O)/C(=C\c1ccc(-c2cccc([N+](=O)[O-])c2)o1)NC(=O)c1ccccc1. The number of nitro benzene ring substituents is 1. The summed E-state index contributed by atoms with van der Waals surface area (Å²) in [7, 11) is 0. The van der Waals surface area contributed by atoms with E-state index >= 15 is 0 Å². The number of nitrogens with one attached hydrogen (secondary N) is 2. The standard InChI is InChI=1S/C24H23N3O5/c1-16(2)15-25-24(29)21(26-23(28)17-7-4-3-5-8-17)14-20-11-12-22(32-20)18-9-6-10-19(13-18)27(30)31/h3-14,16H,15H2,1-2H3,(H,25,29)(H,26,28)/b21-14+. The predicted octanol–water partition coefficient (Wildman–Crippen LogP) is 4.40. The molecule has 0 bridgehead atoms. The second-order valence-electron chi connectivity index (χ2n) is 7.49. The van der Waals surface area contributed by atoms with Gasteiger partial charge >= 0.3 is 0 Å². The minimum Gasteiger partial charge on any atom is -0.457 e. The molecule has 0 saturated carbocycles. The molecular formula is C24H23N3O5. The highest BCUT2D eigenvalue weighted by Gasteiger charge is 2.16. The van der Waals surface area contributed by atoms with Gasteiger partial charge in [0, 0.05) is 35.9 Å². The molecule has 2 aromatic carbocycles. The van der Waals surface area contributed by atoms with Crippen LogP contribution in [0.3, 0.4) is 0 Å². The Kier molecular flexibility index (Phi) is 7.17. The van der Waals surface area contributed by atoms with Crippen LogP contribution in [-0.2, 0) is 4.79 Å². The first-order valence-electron chi connectivity index (χ1n) is 10.0. The van der Waals surface area contributed by atoms with Crippen LogP contribution in [0, 0.1) is 16.0 Å². The van der Waals surface area contributed by atoms with Gasteiger partial charge < -0.3 is 15.1 Å². The van der Waals surface area contributed by atoms with Crippen molar-refractivity contribution in [2.45, 2.75) is 13.8 Å². The molecule has 0 aliphatic carbocycles. The van der Waals surface area contributed by atoms with E-state index < -0.39 is 16.7 Å². The largest absolute Gasteiger partial charge is 0.457 e. The molecule has 0 fully saturated rings. The molecule has 3 rings (SSSR count). The number of hydrogen-bond acceptors (Lipinski definition) is 5. The van der Waals surface area contributed by atoms with Crippen molar-refractivity contribution in [2.24, 2.45) is 5.92 Å². The molecule has 0 unspecified atom stereocenters. The average molecular weight is 433 g/mol. The first-order valence-corrected chi connectivity index (χ1v) is 10.0. The third-order valence-electron chi connectivity index (χ3n) is 4.45. The van der Waals surface area contributed by atoms with Crippen LogP contribution in [0.2, 0.25) is 0 Å². The van der Waals surface area contributed by atoms with Gasteiger partial charge in [0.1, 0.15) is 17.2 Å². The molecule has 3 aromatic rings. The van der Waals surface area contributed by atoms with Crippen molar-refractivity contribution in [3.05, 3.63) is 93.9 Å². The number of benzene rings is 2. The fourth-order valence-electron chi connectivity index (χ4n) is 2.84. The smallest absolute Gasteiger partial charge is 0.270 e. The molecule has 2 N–H and O–H groups in total. The van der Waals surface area contributed by atoms with Gasteiger partial charge in [0.05, 0.1) is 4.92 Å². The number of rotatable bonds is 8. The van der Waals surface area contributed by atoms with Crippen molar-refractivity contribution in [1.82, 2.24) is 10.6 Å². The lowest BCUT2D eigenvalue weighted by molar-refractivity contribution is -0.384. The topological polar surface area (TPSA) is 114 Å². The second-order valence-corrected chi connectivity index (χ2v) is 7.49. The molecular weight excluding hydrogens is 410 g/mol. The minimum absolute atomic E-state index is 0.0273. The average Bonchev–Trinajstić information content (AvgIpc) is 3.26. The van der Waals surface area contributed by atoms with Crippen LogP contribution in [0.1, 0.15) is 30.0 Å². The summed E-state index contributed by atoms with van der Waals surface area (Å²) in [4.78, 5) is 35.8. The molecule has 0 saturated heterocycles. The first kappa shape index (κ1) is 22.5. The molecule has 0 atom stereocenters. The van der Waals surface area contributed by atoms with E-state index in [0.717, 1.165) is 0 Å². The van der Waals surface area contributed by atoms with Gasteiger partial charge in [-0.1, -0.05) is 44.2 Å². The number of hydrogen-bond donors (Lipinski definition) is 2. The number of carbonyl (C=O) groups excluding carboxylic acids is 2. The molecule has 1 heterocycles. The molecule has 0 aliphatic heterocycles. The van der Waals surface area contributed by atoms with Crippen LogP contribution >= 0.6 is 0 Å². The van der Waals surface area contributed by atoms with Crippen molar-refractivity contribution in [3.8, 4) is 11.3 Å². The maximum atomic E-state index is 12.7. The summed E-state index contributed by atoms with van der Waals surface area (Å²) in [6.07, 6.45) is 1.43. The van der Waals surface area contributed by atoms with Crippen LogP contribution in [0.15, 0.2) is 76.8 Å². The van der Waals surface area contributed by atoms with Crippen LogP contribution in [-0.4, -0.2) is 23.3 Å². The lowest BCUT2D eigenvalue weighted by Crippen LogP contribution is -2.36. The van der Waals surface area contributed by atoms with Crippen molar-refractivity contribution >= 4 is 23.6 Å². The Morgan fingerprint density at radius 2 is 1.81 bits per heavy atom. The van der Waals surface area contributed by atoms with E-state index in [2.05, 4.69) is 10.6 Å². The summed E-state index contributed by atoms with van der Waals surface area (Å²) >= 11 is 0. The Bertz CT molecular complexity index is 1150. The molecule has 0 aliphatic rings. The summed E-state index contributed by atoms with van der Waals surface area (Å²) in [6, 6.07) is 17.9. The second kappa shape index (κ2) is 10.2. The van der Waals surface area contributed by atoms with E-state index in [-0.39, 0.29) is 17.3 Å². The molecule has 164 valence electrons. The molecule has 0 spiro atoms. The van der Waals surface area contributed by atoms with Crippen LogP contribution in [0.25, 0.3) is 17.4 Å². The highest BCUT2D eigenvalue weighted by atomic mass is 16.6. The van der Waals surface area contributed by atoms with Gasteiger partial charge in [0.25, 0.3) is 17.5 Å². The number of furan rings is 1. The maximum absolute atomic E-state index is 12.7. The third-order valence-corrected chi connectivity index (χ3v) is 4.45. The highest BCUT2D eigenvalue weighted by molar-refractivity contribution is 6.05. The number of non-ortho nitro benzene ring substituents is 1. The van der Waals surface area contributed by atoms with Crippen molar-refractivity contribution in [1.29, 1.82) is 0 Å². The summed E-state index contributed by atoms with van der Waals surface area (Å²) in [6.45, 7) is 4.36. The molecule has 8 nitrogen and oxygen atoms in total. The molecule has 2 amide bonds. The van der Waals surface area contributed by atoms with E-state index in [4.69, 9.17) is 4.42 Å². The first-order chi connectivity index (χ1) is 15.3. The minimum atomic E-state index is -0.483. The van der Waals surface area contributed by atoms with Gasteiger partial charge in [-0.05, 0) is 30.2 Å². The zero-order chi connectivity index (χ0) is 23.1. The fourth-order valence-corrected chi connectivity index (χ4v) is 2.84. The summed E-state index contributed by atoms with van der Waals surface area (Å²) in [5, 5.41) is 16.4. The van der Waals surface area contributed by atoms with Gasteiger partial charge in [-0.2, -0.15) is 0 Å². The van der Waals surface area contributed by atoms with Crippen LogP contribution < -0.4 is 10.6 Å². The molecule has 1 aromatic heterocycles. The monoisotopic (exact) mass is 433 g/mol. The normalized spacial score (nSPS) is 11.3. The molecule has 0 radical (unpaired) electrons. The van der Waals surface area contributed by atoms with E-state index in [1.165, 1.54) is 18.2 Å². The fraction of sp³-hybridized carbons (Fsp3) is 0.167. The third kappa shape index (κ3) is 5.91. The van der Waals surface area contributed by atoms with Gasteiger partial charge in [-0.25, -0.2) is 0 Å². The van der Waals surface area contributed by atoms with E-state index in [1.54, 1.807) is 54.6 Å².